The average Bonchev–Trinajstić information content (AvgIpc) is 3.28. The van der Waals surface area contributed by atoms with Crippen LogP contribution in [0.5, 0.6) is 5.75 Å². The normalized spacial score (nSPS) is 11.3. The predicted octanol–water partition coefficient (Wildman–Crippen LogP) is 4.85. The number of hydrogen-bond acceptors (Lipinski definition) is 6. The number of carbonyl (C=O) groups excluding carboxylic acids is 2. The van der Waals surface area contributed by atoms with Gasteiger partial charge in [-0.2, -0.15) is 18.3 Å². The number of aromatic nitrogens is 3. The number of amides is 1. The number of alkyl halides is 3. The highest BCUT2D eigenvalue weighted by Crippen LogP contribution is 2.33. The standard InChI is InChI=1S/C24H19F3N4O4/c1-3-35-23(33)18-13-29-31-19(9-10-28-21(18)31)17-12-16(7-8-20(17)34-2)30-22(32)14-5-4-6-15(11-14)24(25,26)27/h4-13H,3H2,1-2H3,(H,30,32). The van der Waals surface area contributed by atoms with Gasteiger partial charge in [0, 0.05) is 23.0 Å². The first-order chi connectivity index (χ1) is 16.7. The maximum atomic E-state index is 13.0. The molecule has 0 aliphatic carbocycles. The number of hydrogen-bond donors (Lipinski definition) is 1. The molecular weight excluding hydrogens is 465 g/mol. The number of carbonyl (C=O) groups is 2. The predicted molar refractivity (Wildman–Crippen MR) is 120 cm³/mol. The van der Waals surface area contributed by atoms with Crippen LogP contribution in [0.2, 0.25) is 0 Å². The van der Waals surface area contributed by atoms with Gasteiger partial charge in [-0.05, 0) is 49.4 Å². The minimum absolute atomic E-state index is 0.144. The van der Waals surface area contributed by atoms with Gasteiger partial charge < -0.3 is 14.8 Å². The summed E-state index contributed by atoms with van der Waals surface area (Å²) in [5.41, 5.74) is 0.692. The number of fused-ring (bicyclic) bond motifs is 1. The van der Waals surface area contributed by atoms with E-state index in [2.05, 4.69) is 15.4 Å². The van der Waals surface area contributed by atoms with Crippen LogP contribution in [-0.2, 0) is 10.9 Å². The summed E-state index contributed by atoms with van der Waals surface area (Å²) in [6.07, 6.45) is -1.74. The Bertz CT molecular complexity index is 1420. The molecule has 0 saturated heterocycles. The summed E-state index contributed by atoms with van der Waals surface area (Å²) in [5, 5.41) is 6.85. The summed E-state index contributed by atoms with van der Waals surface area (Å²) in [4.78, 5) is 29.1. The van der Waals surface area contributed by atoms with Crippen LogP contribution in [0.3, 0.4) is 0 Å². The molecule has 0 aliphatic heterocycles. The Morgan fingerprint density at radius 1 is 1.11 bits per heavy atom. The fourth-order valence-electron chi connectivity index (χ4n) is 3.47. The third-order valence-corrected chi connectivity index (χ3v) is 5.08. The molecule has 0 spiro atoms. The van der Waals surface area contributed by atoms with Gasteiger partial charge >= 0.3 is 12.1 Å². The van der Waals surface area contributed by atoms with Gasteiger partial charge in [0.05, 0.1) is 31.2 Å². The molecule has 8 nitrogen and oxygen atoms in total. The van der Waals surface area contributed by atoms with Gasteiger partial charge in [-0.1, -0.05) is 6.07 Å². The molecule has 35 heavy (non-hydrogen) atoms. The molecule has 0 radical (unpaired) electrons. The maximum Gasteiger partial charge on any atom is 0.416 e. The van der Waals surface area contributed by atoms with Crippen molar-refractivity contribution in [3.8, 4) is 17.0 Å². The second-order valence-electron chi connectivity index (χ2n) is 7.29. The molecule has 1 amide bonds. The van der Waals surface area contributed by atoms with Gasteiger partial charge in [-0.25, -0.2) is 14.3 Å². The van der Waals surface area contributed by atoms with Gasteiger partial charge in [0.25, 0.3) is 5.91 Å². The van der Waals surface area contributed by atoms with Crippen LogP contribution in [0.1, 0.15) is 33.2 Å². The highest BCUT2D eigenvalue weighted by atomic mass is 19.4. The number of ether oxygens (including phenoxy) is 2. The van der Waals surface area contributed by atoms with Gasteiger partial charge in [-0.15, -0.1) is 0 Å². The van der Waals surface area contributed by atoms with Crippen LogP contribution in [-0.4, -0.2) is 40.2 Å². The lowest BCUT2D eigenvalue weighted by Gasteiger charge is -2.13. The van der Waals surface area contributed by atoms with E-state index >= 15 is 0 Å². The van der Waals surface area contributed by atoms with Crippen LogP contribution < -0.4 is 10.1 Å². The Labute approximate surface area is 197 Å². The lowest BCUT2D eigenvalue weighted by Crippen LogP contribution is -2.14. The number of esters is 1. The number of anilines is 1. The Morgan fingerprint density at radius 3 is 2.63 bits per heavy atom. The fourth-order valence-corrected chi connectivity index (χ4v) is 3.47. The smallest absolute Gasteiger partial charge is 0.416 e. The quantitative estimate of drug-likeness (QED) is 0.393. The van der Waals surface area contributed by atoms with E-state index in [4.69, 9.17) is 9.47 Å². The number of methoxy groups -OCH3 is 1. The van der Waals surface area contributed by atoms with E-state index in [0.29, 0.717) is 22.7 Å². The van der Waals surface area contributed by atoms with E-state index in [1.807, 2.05) is 0 Å². The average molecular weight is 484 g/mol. The van der Waals surface area contributed by atoms with Crippen LogP contribution >= 0.6 is 0 Å². The summed E-state index contributed by atoms with van der Waals surface area (Å²) in [6.45, 7) is 1.88. The first kappa shape index (κ1) is 23.7. The minimum Gasteiger partial charge on any atom is -0.496 e. The van der Waals surface area contributed by atoms with Crippen LogP contribution in [0, 0.1) is 0 Å². The Morgan fingerprint density at radius 2 is 1.91 bits per heavy atom. The Hall–Kier alpha value is -4.41. The third kappa shape index (κ3) is 4.79. The van der Waals surface area contributed by atoms with E-state index < -0.39 is 23.6 Å². The number of benzene rings is 2. The highest BCUT2D eigenvalue weighted by Gasteiger charge is 2.31. The monoisotopic (exact) mass is 484 g/mol. The molecule has 2 aromatic carbocycles. The zero-order valence-corrected chi connectivity index (χ0v) is 18.6. The van der Waals surface area contributed by atoms with Crippen LogP contribution in [0.15, 0.2) is 60.9 Å². The van der Waals surface area contributed by atoms with E-state index in [1.54, 1.807) is 31.2 Å². The largest absolute Gasteiger partial charge is 0.496 e. The Kier molecular flexibility index (Phi) is 6.41. The molecule has 4 rings (SSSR count). The summed E-state index contributed by atoms with van der Waals surface area (Å²) < 4.78 is 51.0. The van der Waals surface area contributed by atoms with Crippen molar-refractivity contribution in [1.82, 2.24) is 14.6 Å². The molecule has 11 heteroatoms. The first-order valence-corrected chi connectivity index (χ1v) is 10.4. The van der Waals surface area contributed by atoms with Crippen molar-refractivity contribution in [2.24, 2.45) is 0 Å². The number of nitrogens with zero attached hydrogens (tertiary/aromatic N) is 3. The molecular formula is C24H19F3N4O4. The van der Waals surface area contributed by atoms with Crippen molar-refractivity contribution in [1.29, 1.82) is 0 Å². The zero-order valence-electron chi connectivity index (χ0n) is 18.6. The molecule has 2 aromatic heterocycles. The summed E-state index contributed by atoms with van der Waals surface area (Å²) in [6, 6.07) is 10.5. The van der Waals surface area contributed by atoms with Crippen molar-refractivity contribution in [2.45, 2.75) is 13.1 Å². The van der Waals surface area contributed by atoms with E-state index in [-0.39, 0.29) is 23.4 Å². The highest BCUT2D eigenvalue weighted by molar-refractivity contribution is 6.04. The van der Waals surface area contributed by atoms with Crippen LogP contribution in [0.4, 0.5) is 18.9 Å². The van der Waals surface area contributed by atoms with Gasteiger partial charge in [0.1, 0.15) is 11.3 Å². The molecule has 2 heterocycles. The summed E-state index contributed by atoms with van der Waals surface area (Å²) in [7, 11) is 1.46. The van der Waals surface area contributed by atoms with Crippen molar-refractivity contribution in [2.75, 3.05) is 19.0 Å². The molecule has 180 valence electrons. The second-order valence-corrected chi connectivity index (χ2v) is 7.29. The third-order valence-electron chi connectivity index (χ3n) is 5.08. The zero-order chi connectivity index (χ0) is 25.2. The topological polar surface area (TPSA) is 94.8 Å². The van der Waals surface area contributed by atoms with Crippen LogP contribution in [0.25, 0.3) is 16.9 Å². The summed E-state index contributed by atoms with van der Waals surface area (Å²) in [5.74, 6) is -0.847. The molecule has 1 N–H and O–H groups in total. The maximum absolute atomic E-state index is 13.0. The van der Waals surface area contributed by atoms with Crippen molar-refractivity contribution in [3.05, 3.63) is 77.6 Å². The molecule has 0 saturated carbocycles. The van der Waals surface area contributed by atoms with Gasteiger partial charge in [0.15, 0.2) is 5.65 Å². The fraction of sp³-hybridized carbons (Fsp3) is 0.167. The van der Waals surface area contributed by atoms with Crippen molar-refractivity contribution < 1.29 is 32.2 Å². The van der Waals surface area contributed by atoms with E-state index in [0.717, 1.165) is 12.1 Å². The van der Waals surface area contributed by atoms with Crippen molar-refractivity contribution in [3.63, 3.8) is 0 Å². The molecule has 4 aromatic rings. The SMILES string of the molecule is CCOC(=O)c1cnn2c(-c3cc(NC(=O)c4cccc(C(F)(F)F)c4)ccc3OC)ccnc12. The van der Waals surface area contributed by atoms with Gasteiger partial charge in [-0.3, -0.25) is 4.79 Å². The Balaban J connectivity index is 1.71. The molecule has 0 aliphatic rings. The van der Waals surface area contributed by atoms with E-state index in [1.165, 1.54) is 36.2 Å². The number of rotatable bonds is 6. The van der Waals surface area contributed by atoms with Crippen molar-refractivity contribution >= 4 is 23.2 Å². The molecule has 0 fully saturated rings. The first-order valence-electron chi connectivity index (χ1n) is 10.4. The summed E-state index contributed by atoms with van der Waals surface area (Å²) >= 11 is 0. The molecule has 0 atom stereocenters. The minimum atomic E-state index is -4.57. The molecule has 0 unspecified atom stereocenters. The van der Waals surface area contributed by atoms with Gasteiger partial charge in [0.2, 0.25) is 0 Å². The lowest BCUT2D eigenvalue weighted by atomic mass is 10.1. The number of halogens is 3. The molecule has 0 bridgehead atoms. The number of nitrogens with one attached hydrogen (secondary N) is 1. The lowest BCUT2D eigenvalue weighted by molar-refractivity contribution is -0.137. The van der Waals surface area contributed by atoms with E-state index in [9.17, 15) is 22.8 Å². The second kappa shape index (κ2) is 9.45.